The third kappa shape index (κ3) is 7.41. The predicted octanol–water partition coefficient (Wildman–Crippen LogP) is 2.99. The molecule has 1 fully saturated rings. The van der Waals surface area contributed by atoms with E-state index in [9.17, 15) is 5.11 Å². The van der Waals surface area contributed by atoms with Gasteiger partial charge >= 0.3 is 0 Å². The first-order chi connectivity index (χ1) is 10.5. The highest BCUT2D eigenvalue weighted by molar-refractivity contribution is 5.85. The maximum absolute atomic E-state index is 10.1. The average Bonchev–Trinajstić information content (AvgIpc) is 2.55. The van der Waals surface area contributed by atoms with Crippen molar-refractivity contribution in [2.75, 3.05) is 44.2 Å². The molecule has 4 nitrogen and oxygen atoms in total. The van der Waals surface area contributed by atoms with E-state index < -0.39 is 6.10 Å². The summed E-state index contributed by atoms with van der Waals surface area (Å²) in [5, 5.41) is 10.1. The number of para-hydroxylation sites is 1. The summed E-state index contributed by atoms with van der Waals surface area (Å²) in [6.45, 7) is 12.6. The van der Waals surface area contributed by atoms with Crippen LogP contribution in [-0.2, 0) is 4.74 Å². The van der Waals surface area contributed by atoms with Gasteiger partial charge in [-0.25, -0.2) is 0 Å². The van der Waals surface area contributed by atoms with Crippen molar-refractivity contribution in [2.24, 2.45) is 0 Å². The van der Waals surface area contributed by atoms with Crippen LogP contribution in [0.3, 0.4) is 0 Å². The number of ether oxygens (including phenoxy) is 1. The second kappa shape index (κ2) is 11.0. The Morgan fingerprint density at radius 3 is 2.29 bits per heavy atom. The van der Waals surface area contributed by atoms with Crippen LogP contribution >= 0.6 is 24.8 Å². The molecule has 1 saturated heterocycles. The molecule has 0 spiro atoms. The minimum atomic E-state index is -0.456. The van der Waals surface area contributed by atoms with Crippen LogP contribution in [-0.4, -0.2) is 61.0 Å². The van der Waals surface area contributed by atoms with Crippen molar-refractivity contribution >= 4 is 30.5 Å². The Hall–Kier alpha value is -0.780. The average molecular weight is 377 g/mol. The zero-order chi connectivity index (χ0) is 16.0. The summed E-state index contributed by atoms with van der Waals surface area (Å²) in [7, 11) is 0. The first-order valence-electron chi connectivity index (χ1n) is 7.98. The van der Waals surface area contributed by atoms with Gasteiger partial charge in [-0.05, 0) is 26.0 Å². The van der Waals surface area contributed by atoms with Gasteiger partial charge in [-0.15, -0.1) is 31.4 Å². The van der Waals surface area contributed by atoms with E-state index in [-0.39, 0.29) is 30.4 Å². The highest BCUT2D eigenvalue weighted by Crippen LogP contribution is 2.16. The normalized spacial score (nSPS) is 16.7. The molecule has 1 aliphatic heterocycles. The Morgan fingerprint density at radius 1 is 1.17 bits per heavy atom. The van der Waals surface area contributed by atoms with E-state index in [0.29, 0.717) is 13.2 Å². The van der Waals surface area contributed by atoms with Gasteiger partial charge in [0.1, 0.15) is 0 Å². The first kappa shape index (κ1) is 23.2. The summed E-state index contributed by atoms with van der Waals surface area (Å²) in [5.41, 5.74) is 0.895. The number of piperazine rings is 1. The second-order valence-corrected chi connectivity index (χ2v) is 6.40. The van der Waals surface area contributed by atoms with Crippen LogP contribution in [0.4, 0.5) is 5.69 Å². The molecule has 1 aromatic carbocycles. The van der Waals surface area contributed by atoms with E-state index in [1.54, 1.807) is 6.08 Å². The molecule has 0 radical (unpaired) electrons. The highest BCUT2D eigenvalue weighted by atomic mass is 35.5. The van der Waals surface area contributed by atoms with E-state index in [0.717, 1.165) is 26.2 Å². The third-order valence-corrected chi connectivity index (χ3v) is 4.10. The zero-order valence-electron chi connectivity index (χ0n) is 14.6. The fourth-order valence-corrected chi connectivity index (χ4v) is 2.55. The van der Waals surface area contributed by atoms with Crippen LogP contribution < -0.4 is 4.90 Å². The van der Waals surface area contributed by atoms with Crippen molar-refractivity contribution in [3.8, 4) is 0 Å². The lowest BCUT2D eigenvalue weighted by Crippen LogP contribution is -2.49. The van der Waals surface area contributed by atoms with Gasteiger partial charge in [0.2, 0.25) is 0 Å². The number of aliphatic hydroxyl groups is 1. The first-order valence-corrected chi connectivity index (χ1v) is 7.98. The molecule has 1 aliphatic rings. The second-order valence-electron chi connectivity index (χ2n) is 6.40. The lowest BCUT2D eigenvalue weighted by Gasteiger charge is -2.37. The molecule has 24 heavy (non-hydrogen) atoms. The Balaban J connectivity index is 0.00000264. The number of halogens is 2. The summed E-state index contributed by atoms with van der Waals surface area (Å²) in [5.74, 6) is 0. The molecule has 1 heterocycles. The molecule has 1 unspecified atom stereocenters. The van der Waals surface area contributed by atoms with Gasteiger partial charge in [0.25, 0.3) is 0 Å². The van der Waals surface area contributed by atoms with Crippen LogP contribution in [0.25, 0.3) is 0 Å². The largest absolute Gasteiger partial charge is 0.389 e. The van der Waals surface area contributed by atoms with Crippen LogP contribution in [0.2, 0.25) is 0 Å². The predicted molar refractivity (Wildman–Crippen MR) is 106 cm³/mol. The number of hydrogen-bond acceptors (Lipinski definition) is 4. The number of nitrogens with zero attached hydrogens (tertiary/aromatic N) is 2. The van der Waals surface area contributed by atoms with E-state index in [1.807, 2.05) is 19.9 Å². The van der Waals surface area contributed by atoms with Crippen molar-refractivity contribution in [3.63, 3.8) is 0 Å². The highest BCUT2D eigenvalue weighted by Gasteiger charge is 2.21. The van der Waals surface area contributed by atoms with Crippen LogP contribution in [0.15, 0.2) is 43.0 Å². The Labute approximate surface area is 158 Å². The molecule has 6 heteroatoms. The quantitative estimate of drug-likeness (QED) is 0.742. The smallest absolute Gasteiger partial charge is 0.0900 e. The topological polar surface area (TPSA) is 35.9 Å². The van der Waals surface area contributed by atoms with Crippen LogP contribution in [0.1, 0.15) is 13.8 Å². The summed E-state index contributed by atoms with van der Waals surface area (Å²) in [6.07, 6.45) is 1.31. The maximum atomic E-state index is 10.1. The van der Waals surface area contributed by atoms with Crippen molar-refractivity contribution in [3.05, 3.63) is 43.0 Å². The van der Waals surface area contributed by atoms with E-state index >= 15 is 0 Å². The minimum absolute atomic E-state index is 0. The summed E-state index contributed by atoms with van der Waals surface area (Å²) >= 11 is 0. The number of aliphatic hydroxyl groups excluding tert-OH is 1. The van der Waals surface area contributed by atoms with Gasteiger partial charge in [-0.1, -0.05) is 24.3 Å². The van der Waals surface area contributed by atoms with Gasteiger partial charge in [-0.3, -0.25) is 4.90 Å². The molecular formula is C18H30Cl2N2O2. The van der Waals surface area contributed by atoms with E-state index in [1.165, 1.54) is 5.69 Å². The number of hydrogen-bond donors (Lipinski definition) is 1. The van der Waals surface area contributed by atoms with Gasteiger partial charge in [0, 0.05) is 38.4 Å². The summed E-state index contributed by atoms with van der Waals surface area (Å²) in [4.78, 5) is 4.69. The van der Waals surface area contributed by atoms with Gasteiger partial charge in [-0.2, -0.15) is 0 Å². The summed E-state index contributed by atoms with van der Waals surface area (Å²) < 4.78 is 5.67. The molecule has 0 aliphatic carbocycles. The van der Waals surface area contributed by atoms with Crippen molar-refractivity contribution in [1.82, 2.24) is 4.90 Å². The van der Waals surface area contributed by atoms with Gasteiger partial charge in [0.15, 0.2) is 0 Å². The number of β-amino-alcohol motifs (C(OH)–C–C–N with tert-alkyl or cyclic N) is 1. The van der Waals surface area contributed by atoms with E-state index in [4.69, 9.17) is 4.74 Å². The number of benzene rings is 1. The van der Waals surface area contributed by atoms with Crippen LogP contribution in [0.5, 0.6) is 0 Å². The fourth-order valence-electron chi connectivity index (χ4n) is 2.55. The third-order valence-electron chi connectivity index (χ3n) is 4.10. The van der Waals surface area contributed by atoms with E-state index in [2.05, 4.69) is 40.6 Å². The molecule has 0 bridgehead atoms. The maximum Gasteiger partial charge on any atom is 0.0900 e. The van der Waals surface area contributed by atoms with Crippen molar-refractivity contribution in [1.29, 1.82) is 0 Å². The molecule has 138 valence electrons. The van der Waals surface area contributed by atoms with Crippen molar-refractivity contribution < 1.29 is 9.84 Å². The minimum Gasteiger partial charge on any atom is -0.389 e. The monoisotopic (exact) mass is 376 g/mol. The lowest BCUT2D eigenvalue weighted by molar-refractivity contribution is -0.0420. The Kier molecular flexibility index (Phi) is 10.6. The molecular weight excluding hydrogens is 347 g/mol. The number of anilines is 1. The van der Waals surface area contributed by atoms with Gasteiger partial charge in [0.05, 0.1) is 18.3 Å². The SMILES string of the molecule is C=CC(C)(C)OCC(O)CN1CCN(c2ccccc2)CC1.Cl.Cl. The fraction of sp³-hybridized carbons (Fsp3) is 0.556. The Morgan fingerprint density at radius 2 is 1.75 bits per heavy atom. The zero-order valence-corrected chi connectivity index (χ0v) is 16.2. The van der Waals surface area contributed by atoms with Crippen LogP contribution in [0, 0.1) is 0 Å². The standard InChI is InChI=1S/C18H28N2O2.2ClH/c1-4-18(2,3)22-15-17(21)14-19-10-12-20(13-11-19)16-8-6-5-7-9-16;;/h4-9,17,21H,1,10-15H2,2-3H3;2*1H. The van der Waals surface area contributed by atoms with Gasteiger partial charge < -0.3 is 14.7 Å². The molecule has 1 aromatic rings. The molecule has 2 rings (SSSR count). The number of rotatable bonds is 7. The summed E-state index contributed by atoms with van der Waals surface area (Å²) in [6, 6.07) is 10.5. The molecule has 0 aromatic heterocycles. The van der Waals surface area contributed by atoms with Crippen molar-refractivity contribution in [2.45, 2.75) is 25.6 Å². The molecule has 0 saturated carbocycles. The molecule has 1 atom stereocenters. The lowest BCUT2D eigenvalue weighted by atomic mass is 10.1. The molecule has 1 N–H and O–H groups in total. The molecule has 0 amide bonds. The Bertz CT molecular complexity index is 463.